The summed E-state index contributed by atoms with van der Waals surface area (Å²) in [7, 11) is 0. The number of hydrogen-bond acceptors (Lipinski definition) is 3. The lowest BCUT2D eigenvalue weighted by Crippen LogP contribution is -2.38. The van der Waals surface area contributed by atoms with Gasteiger partial charge in [-0.3, -0.25) is 4.99 Å². The van der Waals surface area contributed by atoms with Crippen LogP contribution >= 0.6 is 0 Å². The minimum Gasteiger partial charge on any atom is -0.490 e. The highest BCUT2D eigenvalue weighted by Gasteiger charge is 2.40. The van der Waals surface area contributed by atoms with Crippen molar-refractivity contribution in [3.8, 4) is 0 Å². The van der Waals surface area contributed by atoms with E-state index in [1.54, 1.807) is 33.4 Å². The summed E-state index contributed by atoms with van der Waals surface area (Å²) in [5, 5.41) is 3.96. The minimum absolute atomic E-state index is 0.199. The number of fused-ring (bicyclic) bond motifs is 6. The number of amidine groups is 1. The second-order valence-corrected chi connectivity index (χ2v) is 19.8. The van der Waals surface area contributed by atoms with Crippen LogP contribution in [-0.4, -0.2) is 18.0 Å². The Morgan fingerprint density at radius 2 is 1.51 bits per heavy atom. The molecule has 0 aromatic heterocycles. The summed E-state index contributed by atoms with van der Waals surface area (Å²) >= 11 is 0. The van der Waals surface area contributed by atoms with Crippen molar-refractivity contribution in [2.45, 2.75) is 127 Å². The molecule has 8 unspecified atom stereocenters. The van der Waals surface area contributed by atoms with E-state index in [0.717, 1.165) is 69.5 Å². The summed E-state index contributed by atoms with van der Waals surface area (Å²) in [5.41, 5.74) is 18.9. The first-order valence-electron chi connectivity index (χ1n) is 24.3. The van der Waals surface area contributed by atoms with Crippen LogP contribution in [0.4, 0.5) is 0 Å². The lowest BCUT2D eigenvalue weighted by molar-refractivity contribution is 0.135. The standard InChI is InChI=1S/C58H62N2O/c1-2-10-41(11-3-1)54-36-55(42-26-22-38(23-27-42)37-18-20-39(21-19-37)45-31-33-57-53(35-45)51-16-8-9-17-56(51)61-57)60-58(59-54)43-28-24-40(25-29-43)44-30-32-50-48-14-5-4-12-46(48)47-13-6-7-15-49(47)52(50)34-44/h1-3,6,8,10-11,13,16,18,20-22,24,26,28,31,33-34,37,45,50,52-55,57H,4-5,7,9,12,14-15,17,19,23,25,27,29-30,32,35-36H2,(H,59,60). The van der Waals surface area contributed by atoms with Crippen LogP contribution in [0.3, 0.4) is 0 Å². The van der Waals surface area contributed by atoms with Crippen LogP contribution in [0.1, 0.15) is 121 Å². The molecule has 0 spiro atoms. The van der Waals surface area contributed by atoms with Crippen molar-refractivity contribution < 1.29 is 4.74 Å². The molecule has 1 aromatic rings. The molecule has 3 nitrogen and oxygen atoms in total. The molecule has 8 atom stereocenters. The van der Waals surface area contributed by atoms with Crippen LogP contribution < -0.4 is 5.32 Å². The van der Waals surface area contributed by atoms with Crippen molar-refractivity contribution in [1.29, 1.82) is 0 Å². The van der Waals surface area contributed by atoms with Gasteiger partial charge in [-0.2, -0.15) is 0 Å². The number of hydrogen-bond donors (Lipinski definition) is 1. The van der Waals surface area contributed by atoms with Gasteiger partial charge in [0.05, 0.1) is 12.1 Å². The Kier molecular flexibility index (Phi) is 9.99. The molecule has 2 heterocycles. The van der Waals surface area contributed by atoms with Gasteiger partial charge in [0.2, 0.25) is 0 Å². The van der Waals surface area contributed by atoms with Gasteiger partial charge in [0.1, 0.15) is 17.7 Å². The van der Waals surface area contributed by atoms with E-state index in [0.29, 0.717) is 23.7 Å². The summed E-state index contributed by atoms with van der Waals surface area (Å²) < 4.78 is 6.35. The molecule has 0 radical (unpaired) electrons. The number of nitrogens with zero attached hydrogens (tertiary/aromatic N) is 1. The Morgan fingerprint density at radius 1 is 0.656 bits per heavy atom. The first-order chi connectivity index (χ1) is 30.2. The maximum Gasteiger partial charge on any atom is 0.125 e. The predicted octanol–water partition coefficient (Wildman–Crippen LogP) is 14.0. The van der Waals surface area contributed by atoms with Gasteiger partial charge in [-0.05, 0) is 165 Å². The van der Waals surface area contributed by atoms with E-state index in [1.165, 1.54) is 85.0 Å². The topological polar surface area (TPSA) is 33.6 Å². The third kappa shape index (κ3) is 7.09. The van der Waals surface area contributed by atoms with E-state index in [1.807, 2.05) is 5.57 Å². The smallest absolute Gasteiger partial charge is 0.125 e. The fraction of sp³-hybridized carbons (Fsp3) is 0.431. The summed E-state index contributed by atoms with van der Waals surface area (Å²) in [4.78, 5) is 5.56. The molecule has 61 heavy (non-hydrogen) atoms. The molecular formula is C58H62N2O. The Hall–Kier alpha value is -4.89. The summed E-state index contributed by atoms with van der Waals surface area (Å²) in [6.45, 7) is 0. The average molecular weight is 803 g/mol. The van der Waals surface area contributed by atoms with Gasteiger partial charge in [-0.1, -0.05) is 126 Å². The van der Waals surface area contributed by atoms with Gasteiger partial charge >= 0.3 is 0 Å². The summed E-state index contributed by atoms with van der Waals surface area (Å²) in [5.74, 6) is 5.22. The first kappa shape index (κ1) is 37.8. The molecule has 11 aliphatic rings. The molecule has 9 aliphatic carbocycles. The van der Waals surface area contributed by atoms with E-state index in [4.69, 9.17) is 9.73 Å². The van der Waals surface area contributed by atoms with Crippen molar-refractivity contribution in [2.75, 3.05) is 0 Å². The summed E-state index contributed by atoms with van der Waals surface area (Å²) in [6, 6.07) is 11.6. The number of allylic oxidation sites excluding steroid dienone is 22. The largest absolute Gasteiger partial charge is 0.490 e. The molecular weight excluding hydrogens is 741 g/mol. The van der Waals surface area contributed by atoms with Gasteiger partial charge in [0.15, 0.2) is 0 Å². The third-order valence-corrected chi connectivity index (χ3v) is 16.5. The zero-order valence-electron chi connectivity index (χ0n) is 36.0. The Morgan fingerprint density at radius 3 is 2.38 bits per heavy atom. The van der Waals surface area contributed by atoms with Crippen molar-refractivity contribution >= 4 is 5.84 Å². The second-order valence-electron chi connectivity index (χ2n) is 19.8. The number of benzene rings is 1. The lowest BCUT2D eigenvalue weighted by Gasteiger charge is -2.43. The van der Waals surface area contributed by atoms with Gasteiger partial charge in [0, 0.05) is 30.1 Å². The number of rotatable bonds is 6. The SMILES string of the molecule is C1=CC2=C(CC1)OC1C=CC(C3=CCC(C4=CC=C(C5CC(c6ccccc6)NC(C6=CC=C(C7=CC8C9=C(C=CCC9)C9=C(CCCC9)C8CC7)CC6)=N5)CC4)C=C3)CC21. The highest BCUT2D eigenvalue weighted by atomic mass is 16.5. The molecule has 0 amide bonds. The maximum atomic E-state index is 6.35. The van der Waals surface area contributed by atoms with Crippen LogP contribution in [0.25, 0.3) is 0 Å². The molecule has 0 fully saturated rings. The monoisotopic (exact) mass is 802 g/mol. The van der Waals surface area contributed by atoms with Crippen LogP contribution in [0, 0.1) is 29.6 Å². The van der Waals surface area contributed by atoms with Gasteiger partial charge in [-0.15, -0.1) is 0 Å². The van der Waals surface area contributed by atoms with Crippen LogP contribution in [-0.2, 0) is 4.74 Å². The van der Waals surface area contributed by atoms with E-state index < -0.39 is 0 Å². The number of aliphatic imine (C=N–C) groups is 1. The molecule has 3 heteroatoms. The van der Waals surface area contributed by atoms with Crippen LogP contribution in [0.15, 0.2) is 187 Å². The highest BCUT2D eigenvalue weighted by Crippen LogP contribution is 2.53. The van der Waals surface area contributed by atoms with Gasteiger partial charge in [-0.25, -0.2) is 0 Å². The highest BCUT2D eigenvalue weighted by molar-refractivity contribution is 6.00. The van der Waals surface area contributed by atoms with Gasteiger partial charge < -0.3 is 10.1 Å². The lowest BCUT2D eigenvalue weighted by atomic mass is 9.61. The third-order valence-electron chi connectivity index (χ3n) is 16.5. The van der Waals surface area contributed by atoms with Crippen molar-refractivity contribution in [2.24, 2.45) is 34.6 Å². The number of ether oxygens (including phenoxy) is 1. The van der Waals surface area contributed by atoms with Crippen molar-refractivity contribution in [3.05, 3.63) is 188 Å². The molecule has 0 saturated carbocycles. The second kappa shape index (κ2) is 16.1. The normalized spacial score (nSPS) is 33.9. The fourth-order valence-electron chi connectivity index (χ4n) is 13.2. The molecule has 2 aliphatic heterocycles. The van der Waals surface area contributed by atoms with Crippen molar-refractivity contribution in [1.82, 2.24) is 5.32 Å². The minimum atomic E-state index is 0.199. The van der Waals surface area contributed by atoms with E-state index in [9.17, 15) is 0 Å². The quantitative estimate of drug-likeness (QED) is 0.291. The molecule has 1 aromatic carbocycles. The molecule has 0 bridgehead atoms. The van der Waals surface area contributed by atoms with E-state index >= 15 is 0 Å². The Labute approximate surface area is 364 Å². The molecule has 310 valence electrons. The fourth-order valence-corrected chi connectivity index (χ4v) is 13.2. The molecule has 12 rings (SSSR count). The summed E-state index contributed by atoms with van der Waals surface area (Å²) in [6.07, 6.45) is 54.9. The Balaban J connectivity index is 0.758. The van der Waals surface area contributed by atoms with Crippen molar-refractivity contribution in [3.63, 3.8) is 0 Å². The molecule has 0 saturated heterocycles. The zero-order chi connectivity index (χ0) is 40.3. The maximum absolute atomic E-state index is 6.35. The van der Waals surface area contributed by atoms with E-state index in [-0.39, 0.29) is 18.2 Å². The zero-order valence-corrected chi connectivity index (χ0v) is 36.0. The van der Waals surface area contributed by atoms with Crippen LogP contribution in [0.2, 0.25) is 0 Å². The van der Waals surface area contributed by atoms with Gasteiger partial charge in [0.25, 0.3) is 0 Å². The predicted molar refractivity (Wildman–Crippen MR) is 250 cm³/mol. The number of nitrogens with one attached hydrogen (secondary N) is 1. The Bertz CT molecular complexity index is 2440. The van der Waals surface area contributed by atoms with E-state index in [2.05, 4.69) is 121 Å². The molecule has 1 N–H and O–H groups in total. The average Bonchev–Trinajstić information content (AvgIpc) is 3.72. The first-order valence-corrected chi connectivity index (χ1v) is 24.3. The van der Waals surface area contributed by atoms with Crippen LogP contribution in [0.5, 0.6) is 0 Å².